The van der Waals surface area contributed by atoms with Gasteiger partial charge in [0.25, 0.3) is 5.91 Å². The van der Waals surface area contributed by atoms with E-state index in [-0.39, 0.29) is 5.91 Å². The fraction of sp³-hybridized carbons (Fsp3) is 0.190. The van der Waals surface area contributed by atoms with Gasteiger partial charge in [0.05, 0.1) is 6.61 Å². The van der Waals surface area contributed by atoms with Gasteiger partial charge in [-0.2, -0.15) is 0 Å². The zero-order valence-corrected chi connectivity index (χ0v) is 14.4. The van der Waals surface area contributed by atoms with Gasteiger partial charge >= 0.3 is 0 Å². The zero-order chi connectivity index (χ0) is 17.6. The lowest BCUT2D eigenvalue weighted by molar-refractivity contribution is -0.122. The molecule has 0 fully saturated rings. The molecular weight excluding hydrogens is 314 g/mol. The van der Waals surface area contributed by atoms with Crippen molar-refractivity contribution >= 4 is 22.4 Å². The monoisotopic (exact) mass is 335 g/mol. The van der Waals surface area contributed by atoms with Crippen molar-refractivity contribution in [3.8, 4) is 5.75 Å². The number of benzene rings is 3. The van der Waals surface area contributed by atoms with E-state index in [1.807, 2.05) is 66.7 Å². The quantitative estimate of drug-likeness (QED) is 0.726. The number of fused-ring (bicyclic) bond motifs is 1. The number of hydrogen-bond donors (Lipinski definition) is 1. The van der Waals surface area contributed by atoms with Crippen molar-refractivity contribution in [2.24, 2.45) is 0 Å². The van der Waals surface area contributed by atoms with Gasteiger partial charge in [0.15, 0.2) is 6.10 Å². The highest BCUT2D eigenvalue weighted by Crippen LogP contribution is 2.26. The Morgan fingerprint density at radius 3 is 2.64 bits per heavy atom. The van der Waals surface area contributed by atoms with E-state index < -0.39 is 6.10 Å². The first kappa shape index (κ1) is 17.0. The molecule has 128 valence electrons. The van der Waals surface area contributed by atoms with Gasteiger partial charge in [0, 0.05) is 18.2 Å². The van der Waals surface area contributed by atoms with E-state index in [2.05, 4.69) is 5.32 Å². The number of hydrogen-bond acceptors (Lipinski definition) is 3. The first-order valence-electron chi connectivity index (χ1n) is 8.20. The van der Waals surface area contributed by atoms with Crippen LogP contribution < -0.4 is 10.1 Å². The molecule has 0 saturated heterocycles. The Morgan fingerprint density at radius 2 is 1.80 bits per heavy atom. The van der Waals surface area contributed by atoms with E-state index in [0.29, 0.717) is 12.4 Å². The molecule has 4 heteroatoms. The molecule has 1 N–H and O–H groups in total. The average Bonchev–Trinajstić information content (AvgIpc) is 2.62. The fourth-order valence-electron chi connectivity index (χ4n) is 2.69. The molecule has 1 atom stereocenters. The molecule has 0 aliphatic heterocycles. The summed E-state index contributed by atoms with van der Waals surface area (Å²) >= 11 is 0. The Balaban J connectivity index is 1.71. The molecule has 0 aliphatic rings. The van der Waals surface area contributed by atoms with Crippen molar-refractivity contribution in [2.45, 2.75) is 19.6 Å². The number of nitrogens with one attached hydrogen (secondary N) is 1. The van der Waals surface area contributed by atoms with Gasteiger partial charge in [0.1, 0.15) is 5.75 Å². The van der Waals surface area contributed by atoms with Crippen LogP contribution in [0.5, 0.6) is 5.75 Å². The molecule has 4 nitrogen and oxygen atoms in total. The third-order valence-electron chi connectivity index (χ3n) is 3.93. The fourth-order valence-corrected chi connectivity index (χ4v) is 2.69. The molecule has 0 aliphatic carbocycles. The number of carbonyl (C=O) groups is 1. The van der Waals surface area contributed by atoms with Crippen LogP contribution in [0.4, 0.5) is 5.69 Å². The molecule has 0 spiro atoms. The topological polar surface area (TPSA) is 47.6 Å². The maximum atomic E-state index is 12.5. The third kappa shape index (κ3) is 4.17. The summed E-state index contributed by atoms with van der Waals surface area (Å²) in [5, 5.41) is 4.96. The largest absolute Gasteiger partial charge is 0.480 e. The zero-order valence-electron chi connectivity index (χ0n) is 14.4. The normalized spacial score (nSPS) is 11.9. The smallest absolute Gasteiger partial charge is 0.265 e. The lowest BCUT2D eigenvalue weighted by Gasteiger charge is -2.16. The summed E-state index contributed by atoms with van der Waals surface area (Å²) in [5.74, 6) is 0.511. The average molecular weight is 335 g/mol. The minimum Gasteiger partial charge on any atom is -0.480 e. The molecule has 0 bridgehead atoms. The summed E-state index contributed by atoms with van der Waals surface area (Å²) in [6.07, 6.45) is -0.614. The van der Waals surface area contributed by atoms with Gasteiger partial charge in [-0.3, -0.25) is 4.79 Å². The Morgan fingerprint density at radius 1 is 1.04 bits per heavy atom. The predicted molar refractivity (Wildman–Crippen MR) is 99.8 cm³/mol. The van der Waals surface area contributed by atoms with Crippen molar-refractivity contribution in [2.75, 3.05) is 12.4 Å². The van der Waals surface area contributed by atoms with Crippen LogP contribution in [-0.2, 0) is 16.1 Å². The number of amides is 1. The van der Waals surface area contributed by atoms with Gasteiger partial charge in [-0.05, 0) is 36.1 Å². The van der Waals surface area contributed by atoms with Crippen LogP contribution in [0.15, 0.2) is 66.7 Å². The van der Waals surface area contributed by atoms with Crippen LogP contribution in [0, 0.1) is 0 Å². The minimum absolute atomic E-state index is 0.192. The maximum Gasteiger partial charge on any atom is 0.265 e. The Kier molecular flexibility index (Phi) is 5.31. The highest BCUT2D eigenvalue weighted by atomic mass is 16.5. The van der Waals surface area contributed by atoms with Crippen LogP contribution in [-0.4, -0.2) is 19.1 Å². The SMILES string of the molecule is COCc1cccc(NC(=O)C(C)Oc2cccc3ccccc23)c1. The maximum absolute atomic E-state index is 12.5. The van der Waals surface area contributed by atoms with E-state index in [0.717, 1.165) is 22.0 Å². The summed E-state index contributed by atoms with van der Waals surface area (Å²) in [7, 11) is 1.64. The minimum atomic E-state index is -0.614. The molecule has 3 rings (SSSR count). The van der Waals surface area contributed by atoms with Crippen molar-refractivity contribution in [3.63, 3.8) is 0 Å². The first-order chi connectivity index (χ1) is 12.2. The number of rotatable bonds is 6. The summed E-state index contributed by atoms with van der Waals surface area (Å²) in [4.78, 5) is 12.5. The van der Waals surface area contributed by atoms with E-state index in [1.54, 1.807) is 14.0 Å². The van der Waals surface area contributed by atoms with Gasteiger partial charge in [-0.1, -0.05) is 48.5 Å². The van der Waals surface area contributed by atoms with Crippen LogP contribution in [0.3, 0.4) is 0 Å². The molecule has 3 aromatic rings. The van der Waals surface area contributed by atoms with Crippen molar-refractivity contribution < 1.29 is 14.3 Å². The third-order valence-corrected chi connectivity index (χ3v) is 3.93. The van der Waals surface area contributed by atoms with E-state index in [1.165, 1.54) is 0 Å². The first-order valence-corrected chi connectivity index (χ1v) is 8.20. The standard InChI is InChI=1S/C21H21NO3/c1-15(21(23)22-18-10-5-7-16(13-18)14-24-2)25-20-12-6-9-17-8-3-4-11-19(17)20/h3-13,15H,14H2,1-2H3,(H,22,23). The summed E-state index contributed by atoms with van der Waals surface area (Å²) in [6.45, 7) is 2.25. The van der Waals surface area contributed by atoms with E-state index >= 15 is 0 Å². The number of ether oxygens (including phenoxy) is 2. The van der Waals surface area contributed by atoms with Gasteiger partial charge < -0.3 is 14.8 Å². The lowest BCUT2D eigenvalue weighted by atomic mass is 10.1. The summed E-state index contributed by atoms with van der Waals surface area (Å²) < 4.78 is 11.0. The van der Waals surface area contributed by atoms with Gasteiger partial charge in [0.2, 0.25) is 0 Å². The summed E-state index contributed by atoms with van der Waals surface area (Å²) in [5.41, 5.74) is 1.73. The second kappa shape index (κ2) is 7.81. The second-order valence-electron chi connectivity index (χ2n) is 5.86. The number of anilines is 1. The molecule has 0 saturated carbocycles. The van der Waals surface area contributed by atoms with E-state index in [4.69, 9.17) is 9.47 Å². The van der Waals surface area contributed by atoms with E-state index in [9.17, 15) is 4.79 Å². The van der Waals surface area contributed by atoms with Crippen LogP contribution >= 0.6 is 0 Å². The van der Waals surface area contributed by atoms with Crippen LogP contribution in [0.25, 0.3) is 10.8 Å². The highest BCUT2D eigenvalue weighted by Gasteiger charge is 2.16. The van der Waals surface area contributed by atoms with Gasteiger partial charge in [-0.25, -0.2) is 0 Å². The van der Waals surface area contributed by atoms with Crippen molar-refractivity contribution in [1.82, 2.24) is 0 Å². The Hall–Kier alpha value is -2.85. The van der Waals surface area contributed by atoms with Crippen LogP contribution in [0.1, 0.15) is 12.5 Å². The Labute approximate surface area is 147 Å². The molecular formula is C21H21NO3. The molecule has 1 unspecified atom stereocenters. The molecule has 0 heterocycles. The second-order valence-corrected chi connectivity index (χ2v) is 5.86. The lowest BCUT2D eigenvalue weighted by Crippen LogP contribution is -2.30. The van der Waals surface area contributed by atoms with Crippen molar-refractivity contribution in [3.05, 3.63) is 72.3 Å². The Bertz CT molecular complexity index is 870. The molecule has 25 heavy (non-hydrogen) atoms. The highest BCUT2D eigenvalue weighted by molar-refractivity contribution is 5.95. The summed E-state index contributed by atoms with van der Waals surface area (Å²) in [6, 6.07) is 21.4. The number of carbonyl (C=O) groups excluding carboxylic acids is 1. The predicted octanol–water partition coefficient (Wildman–Crippen LogP) is 4.39. The van der Waals surface area contributed by atoms with Crippen molar-refractivity contribution in [1.29, 1.82) is 0 Å². The molecule has 0 aromatic heterocycles. The molecule has 0 radical (unpaired) electrons. The van der Waals surface area contributed by atoms with Gasteiger partial charge in [-0.15, -0.1) is 0 Å². The molecule has 1 amide bonds. The molecule has 3 aromatic carbocycles. The van der Waals surface area contributed by atoms with Crippen LogP contribution in [0.2, 0.25) is 0 Å². The number of methoxy groups -OCH3 is 1.